The van der Waals surface area contributed by atoms with Gasteiger partial charge in [0, 0.05) is 12.3 Å². The topological polar surface area (TPSA) is 103 Å². The number of nitrogens with one attached hydrogen (secondary N) is 1. The number of pyridine rings is 1. The number of amides is 1. The second kappa shape index (κ2) is 8.34. The minimum Gasteiger partial charge on any atom is -0.476 e. The third-order valence-corrected chi connectivity index (χ3v) is 6.74. The van der Waals surface area contributed by atoms with E-state index in [1.54, 1.807) is 6.07 Å². The summed E-state index contributed by atoms with van der Waals surface area (Å²) in [4.78, 5) is 16.3. The number of alkyl halides is 3. The molecule has 13 heteroatoms. The van der Waals surface area contributed by atoms with Crippen LogP contribution in [0.15, 0.2) is 59.6 Å². The lowest BCUT2D eigenvalue weighted by Crippen LogP contribution is -2.31. The first kappa shape index (κ1) is 23.1. The molecule has 2 heterocycles. The lowest BCUT2D eigenvalue weighted by molar-refractivity contribution is -0.194. The van der Waals surface area contributed by atoms with Crippen LogP contribution in [0, 0.1) is 5.41 Å². The summed E-state index contributed by atoms with van der Waals surface area (Å²) in [5.41, 5.74) is -2.02. The van der Waals surface area contributed by atoms with Gasteiger partial charge in [0.1, 0.15) is 17.2 Å². The summed E-state index contributed by atoms with van der Waals surface area (Å²) in [7, 11) is -4.11. The summed E-state index contributed by atoms with van der Waals surface area (Å²) in [6, 6.07) is 11.3. The minimum absolute atomic E-state index is 0.0118. The third-order valence-electron chi connectivity index (χ3n) is 5.11. The van der Waals surface area contributed by atoms with Crippen LogP contribution in [0.4, 0.5) is 13.2 Å². The number of halogens is 4. The number of ether oxygens (including phenoxy) is 1. The molecule has 0 bridgehead atoms. The highest BCUT2D eigenvalue weighted by molar-refractivity contribution is 7.90. The lowest BCUT2D eigenvalue weighted by atomic mass is 10.1. The number of sulfonamides is 1. The van der Waals surface area contributed by atoms with Crippen molar-refractivity contribution in [2.45, 2.75) is 23.9 Å². The summed E-state index contributed by atoms with van der Waals surface area (Å²) in [5, 5.41) is 3.73. The first-order chi connectivity index (χ1) is 15.5. The van der Waals surface area contributed by atoms with E-state index >= 15 is 0 Å². The van der Waals surface area contributed by atoms with Crippen LogP contribution in [0.2, 0.25) is 5.15 Å². The summed E-state index contributed by atoms with van der Waals surface area (Å²) in [6.45, 7) is -0.531. The Morgan fingerprint density at radius 2 is 1.85 bits per heavy atom. The van der Waals surface area contributed by atoms with Crippen molar-refractivity contribution >= 4 is 27.5 Å². The van der Waals surface area contributed by atoms with Crippen LogP contribution in [0.5, 0.6) is 5.88 Å². The van der Waals surface area contributed by atoms with E-state index in [0.717, 1.165) is 0 Å². The van der Waals surface area contributed by atoms with Gasteiger partial charge in [-0.25, -0.2) is 22.8 Å². The average Bonchev–Trinajstić information content (AvgIpc) is 3.43. The lowest BCUT2D eigenvalue weighted by Gasteiger charge is -2.18. The van der Waals surface area contributed by atoms with Gasteiger partial charge in [-0.2, -0.15) is 13.2 Å². The summed E-state index contributed by atoms with van der Waals surface area (Å²) in [6.07, 6.45) is -2.91. The maximum atomic E-state index is 13.0. The molecular weight excluding hydrogens is 485 g/mol. The van der Waals surface area contributed by atoms with Crippen molar-refractivity contribution in [1.82, 2.24) is 19.5 Å². The summed E-state index contributed by atoms with van der Waals surface area (Å²) < 4.78 is 72.0. The fourth-order valence-corrected chi connectivity index (χ4v) is 4.16. The third kappa shape index (κ3) is 4.81. The van der Waals surface area contributed by atoms with Crippen LogP contribution in [0.25, 0.3) is 5.82 Å². The van der Waals surface area contributed by atoms with Gasteiger partial charge in [-0.05, 0) is 37.1 Å². The smallest absolute Gasteiger partial charge is 0.397 e. The molecule has 1 aliphatic carbocycles. The van der Waals surface area contributed by atoms with Gasteiger partial charge in [-0.15, -0.1) is 5.10 Å². The first-order valence-corrected chi connectivity index (χ1v) is 11.4. The molecule has 174 valence electrons. The van der Waals surface area contributed by atoms with Gasteiger partial charge in [-0.1, -0.05) is 29.8 Å². The molecule has 1 aliphatic rings. The molecule has 0 aliphatic heterocycles. The number of benzene rings is 1. The molecule has 33 heavy (non-hydrogen) atoms. The zero-order valence-corrected chi connectivity index (χ0v) is 18.3. The molecule has 1 aromatic carbocycles. The van der Waals surface area contributed by atoms with E-state index in [4.69, 9.17) is 16.3 Å². The molecule has 1 fully saturated rings. The van der Waals surface area contributed by atoms with Gasteiger partial charge >= 0.3 is 6.18 Å². The molecule has 1 amide bonds. The molecule has 1 N–H and O–H groups in total. The molecule has 2 aromatic heterocycles. The Balaban J connectivity index is 1.45. The number of hydrogen-bond donors (Lipinski definition) is 1. The zero-order chi connectivity index (χ0) is 23.9. The maximum absolute atomic E-state index is 13.0. The Kier molecular flexibility index (Phi) is 5.83. The number of carbonyl (C=O) groups excluding carboxylic acids is 1. The van der Waals surface area contributed by atoms with E-state index in [1.165, 1.54) is 53.3 Å². The predicted molar refractivity (Wildman–Crippen MR) is 111 cm³/mol. The standard InChI is InChI=1S/C20H16ClF3N4O4S/c21-17-14(18(29)27-33(30,31)13-4-2-1-3-5-13)6-7-15(25-17)28-11-8-16(26-28)32-12-19(9-10-19)20(22,23)24/h1-8,11H,9-10,12H2,(H,27,29). The zero-order valence-electron chi connectivity index (χ0n) is 16.7. The van der Waals surface area contributed by atoms with Crippen LogP contribution >= 0.6 is 11.6 Å². The van der Waals surface area contributed by atoms with Gasteiger partial charge in [0.25, 0.3) is 15.9 Å². The van der Waals surface area contributed by atoms with Gasteiger partial charge in [0.15, 0.2) is 5.82 Å². The Bertz CT molecular complexity index is 1290. The Morgan fingerprint density at radius 3 is 2.45 bits per heavy atom. The minimum atomic E-state index is -4.34. The molecule has 0 spiro atoms. The van der Waals surface area contributed by atoms with Gasteiger partial charge in [0.2, 0.25) is 5.88 Å². The fraction of sp³-hybridized carbons (Fsp3) is 0.250. The Morgan fingerprint density at radius 1 is 1.15 bits per heavy atom. The van der Waals surface area contributed by atoms with E-state index in [2.05, 4.69) is 10.1 Å². The van der Waals surface area contributed by atoms with Gasteiger partial charge in [-0.3, -0.25) is 4.79 Å². The van der Waals surface area contributed by atoms with Crippen LogP contribution in [0.1, 0.15) is 23.2 Å². The number of carbonyl (C=O) groups is 1. The molecule has 1 saturated carbocycles. The molecule has 8 nitrogen and oxygen atoms in total. The van der Waals surface area contributed by atoms with Crippen molar-refractivity contribution in [3.8, 4) is 11.7 Å². The van der Waals surface area contributed by atoms with E-state index in [0.29, 0.717) is 0 Å². The molecular formula is C20H16ClF3N4O4S. The monoisotopic (exact) mass is 500 g/mol. The van der Waals surface area contributed by atoms with Crippen LogP contribution in [-0.4, -0.2) is 41.9 Å². The highest BCUT2D eigenvalue weighted by Gasteiger charge is 2.64. The number of nitrogens with zero attached hydrogens (tertiary/aromatic N) is 3. The normalized spacial score (nSPS) is 15.2. The van der Waals surface area contributed by atoms with Crippen molar-refractivity contribution in [3.63, 3.8) is 0 Å². The van der Waals surface area contributed by atoms with E-state index in [9.17, 15) is 26.4 Å². The molecule has 3 aromatic rings. The Hall–Kier alpha value is -3.12. The Labute approximate surface area is 191 Å². The van der Waals surface area contributed by atoms with Crippen molar-refractivity contribution in [1.29, 1.82) is 0 Å². The number of rotatable bonds is 7. The SMILES string of the molecule is O=C(NS(=O)(=O)c1ccccc1)c1ccc(-n2ccc(OCC3(C(F)(F)F)CC3)n2)nc1Cl. The first-order valence-electron chi connectivity index (χ1n) is 9.55. The van der Waals surface area contributed by atoms with E-state index in [-0.39, 0.29) is 40.2 Å². The van der Waals surface area contributed by atoms with Crippen molar-refractivity contribution in [3.05, 3.63) is 65.4 Å². The molecule has 0 atom stereocenters. The maximum Gasteiger partial charge on any atom is 0.397 e. The predicted octanol–water partition coefficient (Wildman–Crippen LogP) is 3.76. The second-order valence-electron chi connectivity index (χ2n) is 7.42. The fourth-order valence-electron chi connectivity index (χ4n) is 2.94. The molecule has 0 unspecified atom stereocenters. The molecule has 4 rings (SSSR count). The highest BCUT2D eigenvalue weighted by atomic mass is 35.5. The summed E-state index contributed by atoms with van der Waals surface area (Å²) in [5.74, 6) is -0.859. The van der Waals surface area contributed by atoms with Crippen molar-refractivity contribution in [2.24, 2.45) is 5.41 Å². The van der Waals surface area contributed by atoms with Crippen molar-refractivity contribution < 1.29 is 31.1 Å². The number of aromatic nitrogens is 3. The highest BCUT2D eigenvalue weighted by Crippen LogP contribution is 2.57. The van der Waals surface area contributed by atoms with Crippen LogP contribution in [-0.2, 0) is 10.0 Å². The average molecular weight is 501 g/mol. The van der Waals surface area contributed by atoms with Gasteiger partial charge in [0.05, 0.1) is 10.5 Å². The van der Waals surface area contributed by atoms with E-state index in [1.807, 2.05) is 4.72 Å². The van der Waals surface area contributed by atoms with Crippen molar-refractivity contribution in [2.75, 3.05) is 6.61 Å². The molecule has 0 saturated heterocycles. The van der Waals surface area contributed by atoms with Crippen LogP contribution in [0.3, 0.4) is 0 Å². The van der Waals surface area contributed by atoms with Gasteiger partial charge < -0.3 is 4.74 Å². The number of hydrogen-bond acceptors (Lipinski definition) is 6. The second-order valence-corrected chi connectivity index (χ2v) is 9.46. The summed E-state index contributed by atoms with van der Waals surface area (Å²) >= 11 is 6.07. The van der Waals surface area contributed by atoms with E-state index < -0.39 is 34.1 Å². The quantitative estimate of drug-likeness (QED) is 0.495. The largest absolute Gasteiger partial charge is 0.476 e. The van der Waals surface area contributed by atoms with Crippen LogP contribution < -0.4 is 9.46 Å². The molecule has 0 radical (unpaired) electrons.